The maximum atomic E-state index is 12.3. The molecular formula is C12H13N3O3S2. The first-order valence-electron chi connectivity index (χ1n) is 6.19. The number of nitrogens with zero attached hydrogens (tertiary/aromatic N) is 3. The Morgan fingerprint density at radius 2 is 2.00 bits per heavy atom. The summed E-state index contributed by atoms with van der Waals surface area (Å²) in [7, 11) is 0. The molecule has 1 aromatic rings. The van der Waals surface area contributed by atoms with E-state index in [1.165, 1.54) is 16.2 Å². The lowest BCUT2D eigenvalue weighted by atomic mass is 10.1. The van der Waals surface area contributed by atoms with Gasteiger partial charge in [-0.15, -0.1) is 11.3 Å². The summed E-state index contributed by atoms with van der Waals surface area (Å²) in [6.07, 6.45) is 0. The molecule has 0 spiro atoms. The largest absolute Gasteiger partial charge is 0.334 e. The molecule has 3 amide bonds. The van der Waals surface area contributed by atoms with Crippen molar-refractivity contribution in [3.05, 3.63) is 15.6 Å². The van der Waals surface area contributed by atoms with Gasteiger partial charge < -0.3 is 4.90 Å². The third-order valence-corrected chi connectivity index (χ3v) is 5.29. The van der Waals surface area contributed by atoms with Crippen molar-refractivity contribution in [2.24, 2.45) is 0 Å². The first-order chi connectivity index (χ1) is 9.47. The van der Waals surface area contributed by atoms with Gasteiger partial charge in [0.2, 0.25) is 5.91 Å². The van der Waals surface area contributed by atoms with Crippen molar-refractivity contribution in [1.82, 2.24) is 14.8 Å². The van der Waals surface area contributed by atoms with Gasteiger partial charge in [-0.1, -0.05) is 11.8 Å². The molecule has 1 aromatic heterocycles. The molecule has 3 heterocycles. The van der Waals surface area contributed by atoms with E-state index in [2.05, 4.69) is 4.98 Å². The fourth-order valence-electron chi connectivity index (χ4n) is 2.37. The highest BCUT2D eigenvalue weighted by Crippen LogP contribution is 2.28. The van der Waals surface area contributed by atoms with Gasteiger partial charge in [0.1, 0.15) is 4.88 Å². The number of thiazole rings is 1. The van der Waals surface area contributed by atoms with Gasteiger partial charge in [-0.25, -0.2) is 4.98 Å². The van der Waals surface area contributed by atoms with Crippen LogP contribution >= 0.6 is 23.1 Å². The number of thioether (sulfide) groups is 1. The van der Waals surface area contributed by atoms with Crippen LogP contribution in [0.4, 0.5) is 4.79 Å². The lowest BCUT2D eigenvalue weighted by Crippen LogP contribution is -2.62. The molecule has 8 heteroatoms. The topological polar surface area (TPSA) is 70.6 Å². The Labute approximate surface area is 124 Å². The van der Waals surface area contributed by atoms with Gasteiger partial charge in [-0.2, -0.15) is 0 Å². The Kier molecular flexibility index (Phi) is 3.29. The quantitative estimate of drug-likeness (QED) is 0.823. The zero-order valence-corrected chi connectivity index (χ0v) is 12.7. The monoisotopic (exact) mass is 311 g/mol. The molecule has 6 nitrogen and oxygen atoms in total. The smallest absolute Gasteiger partial charge is 0.289 e. The zero-order valence-electron chi connectivity index (χ0n) is 11.1. The Bertz CT molecular complexity index is 591. The van der Waals surface area contributed by atoms with Crippen LogP contribution in [0.3, 0.4) is 0 Å². The summed E-state index contributed by atoms with van der Waals surface area (Å²) in [6.45, 7) is 4.53. The van der Waals surface area contributed by atoms with E-state index in [0.717, 1.165) is 22.5 Å². The third kappa shape index (κ3) is 2.12. The van der Waals surface area contributed by atoms with Crippen molar-refractivity contribution >= 4 is 40.2 Å². The molecule has 0 N–H and O–H groups in total. The summed E-state index contributed by atoms with van der Waals surface area (Å²) < 4.78 is 0. The van der Waals surface area contributed by atoms with Crippen LogP contribution in [-0.2, 0) is 4.79 Å². The number of hydrogen-bond donors (Lipinski definition) is 0. The fraction of sp³-hybridized carbons (Fsp3) is 0.500. The fourth-order valence-corrected chi connectivity index (χ4v) is 4.04. The van der Waals surface area contributed by atoms with Gasteiger partial charge in [0.25, 0.3) is 11.1 Å². The Balaban J connectivity index is 1.66. The van der Waals surface area contributed by atoms with Crippen molar-refractivity contribution in [2.45, 2.75) is 19.9 Å². The zero-order chi connectivity index (χ0) is 14.4. The van der Waals surface area contributed by atoms with E-state index in [4.69, 9.17) is 0 Å². The minimum absolute atomic E-state index is 0.0592. The van der Waals surface area contributed by atoms with Crippen LogP contribution in [0, 0.1) is 13.8 Å². The summed E-state index contributed by atoms with van der Waals surface area (Å²) in [6, 6.07) is -0.164. The molecule has 20 heavy (non-hydrogen) atoms. The third-order valence-electron chi connectivity index (χ3n) is 3.40. The van der Waals surface area contributed by atoms with Crippen LogP contribution < -0.4 is 0 Å². The number of hydrogen-bond acceptors (Lipinski definition) is 6. The predicted octanol–water partition coefficient (Wildman–Crippen LogP) is 1.28. The van der Waals surface area contributed by atoms with Crippen molar-refractivity contribution in [2.75, 3.05) is 18.8 Å². The van der Waals surface area contributed by atoms with E-state index in [9.17, 15) is 14.4 Å². The summed E-state index contributed by atoms with van der Waals surface area (Å²) in [5, 5.41) is 0.668. The molecule has 2 fully saturated rings. The number of carbonyl (C=O) groups excluding carboxylic acids is 3. The number of carbonyl (C=O) groups is 3. The number of imide groups is 1. The van der Waals surface area contributed by atoms with E-state index in [-0.39, 0.29) is 28.8 Å². The number of aromatic nitrogens is 1. The Morgan fingerprint density at radius 3 is 2.50 bits per heavy atom. The molecule has 3 rings (SSSR count). The number of likely N-dealkylation sites (tertiary alicyclic amines) is 1. The van der Waals surface area contributed by atoms with Crippen LogP contribution in [0.25, 0.3) is 0 Å². The molecule has 0 aromatic carbocycles. The normalized spacial score (nSPS) is 19.7. The van der Waals surface area contributed by atoms with Crippen LogP contribution in [0.1, 0.15) is 20.4 Å². The lowest BCUT2D eigenvalue weighted by molar-refractivity contribution is -0.128. The molecular weight excluding hydrogens is 298 g/mol. The van der Waals surface area contributed by atoms with E-state index in [1.807, 2.05) is 13.8 Å². The maximum absolute atomic E-state index is 12.3. The summed E-state index contributed by atoms with van der Waals surface area (Å²) in [5.41, 5.74) is 0.741. The minimum atomic E-state index is -0.197. The molecule has 106 valence electrons. The summed E-state index contributed by atoms with van der Waals surface area (Å²) in [5.74, 6) is 0.00850. The Morgan fingerprint density at radius 1 is 1.30 bits per heavy atom. The number of rotatable bonds is 2. The molecule has 0 unspecified atom stereocenters. The van der Waals surface area contributed by atoms with E-state index in [0.29, 0.717) is 18.0 Å². The predicted molar refractivity (Wildman–Crippen MR) is 76.0 cm³/mol. The van der Waals surface area contributed by atoms with Gasteiger partial charge >= 0.3 is 0 Å². The van der Waals surface area contributed by atoms with Crippen LogP contribution in [0.2, 0.25) is 0 Å². The SMILES string of the molecule is Cc1nc(C)c(C(=O)N2CC(N3C(=O)CSC3=O)C2)s1. The van der Waals surface area contributed by atoms with Gasteiger partial charge in [-0.3, -0.25) is 19.3 Å². The van der Waals surface area contributed by atoms with Crippen molar-refractivity contribution in [1.29, 1.82) is 0 Å². The molecule has 0 aliphatic carbocycles. The highest BCUT2D eigenvalue weighted by Gasteiger charge is 2.43. The second-order valence-electron chi connectivity index (χ2n) is 4.83. The van der Waals surface area contributed by atoms with Crippen LogP contribution in [0.5, 0.6) is 0 Å². The van der Waals surface area contributed by atoms with Gasteiger partial charge in [-0.05, 0) is 13.8 Å². The average Bonchev–Trinajstić information content (AvgIpc) is 2.83. The molecule has 0 atom stereocenters. The maximum Gasteiger partial charge on any atom is 0.289 e. The first-order valence-corrected chi connectivity index (χ1v) is 7.99. The molecule has 2 aliphatic heterocycles. The van der Waals surface area contributed by atoms with Crippen molar-refractivity contribution in [3.63, 3.8) is 0 Å². The van der Waals surface area contributed by atoms with E-state index in [1.54, 1.807) is 4.90 Å². The molecule has 0 saturated carbocycles. The van der Waals surface area contributed by atoms with Crippen LogP contribution in [0.15, 0.2) is 0 Å². The highest BCUT2D eigenvalue weighted by atomic mass is 32.2. The second-order valence-corrected chi connectivity index (χ2v) is 6.96. The minimum Gasteiger partial charge on any atom is -0.334 e. The molecule has 2 aliphatic rings. The van der Waals surface area contributed by atoms with Gasteiger partial charge in [0.05, 0.1) is 22.5 Å². The van der Waals surface area contributed by atoms with Gasteiger partial charge in [0.15, 0.2) is 0 Å². The Hall–Kier alpha value is -1.41. The summed E-state index contributed by atoms with van der Waals surface area (Å²) >= 11 is 2.41. The number of aryl methyl sites for hydroxylation is 2. The van der Waals surface area contributed by atoms with Crippen molar-refractivity contribution < 1.29 is 14.4 Å². The lowest BCUT2D eigenvalue weighted by Gasteiger charge is -2.42. The molecule has 0 radical (unpaired) electrons. The van der Waals surface area contributed by atoms with Crippen LogP contribution in [-0.4, -0.2) is 56.7 Å². The summed E-state index contributed by atoms with van der Waals surface area (Å²) in [4.78, 5) is 43.3. The first kappa shape index (κ1) is 13.6. The molecule has 2 saturated heterocycles. The van der Waals surface area contributed by atoms with E-state index >= 15 is 0 Å². The van der Waals surface area contributed by atoms with E-state index < -0.39 is 0 Å². The standard InChI is InChI=1S/C12H13N3O3S2/c1-6-10(20-7(2)13-6)11(17)14-3-8(4-14)15-9(16)5-19-12(15)18/h8H,3-5H2,1-2H3. The van der Waals surface area contributed by atoms with Crippen molar-refractivity contribution in [3.8, 4) is 0 Å². The highest BCUT2D eigenvalue weighted by molar-refractivity contribution is 8.14. The second kappa shape index (κ2) is 4.85. The molecule has 0 bridgehead atoms. The number of amides is 3. The van der Waals surface area contributed by atoms with Gasteiger partial charge in [0, 0.05) is 13.1 Å². The average molecular weight is 311 g/mol.